The molecule has 26 heavy (non-hydrogen) atoms. The van der Waals surface area contributed by atoms with Gasteiger partial charge in [-0.3, -0.25) is 0 Å². The van der Waals surface area contributed by atoms with Crippen molar-refractivity contribution in [1.82, 2.24) is 0 Å². The average Bonchev–Trinajstić information content (AvgIpc) is 3.20. The molecule has 4 rings (SSSR count). The topological polar surface area (TPSA) is 22.4 Å². The zero-order valence-corrected chi connectivity index (χ0v) is 16.7. The summed E-state index contributed by atoms with van der Waals surface area (Å²) in [5, 5.41) is 0. The average molecular weight is 361 g/mol. The second kappa shape index (κ2) is 6.11. The van der Waals surface area contributed by atoms with Gasteiger partial charge in [0.15, 0.2) is 8.32 Å². The Kier molecular flexibility index (Phi) is 4.01. The van der Waals surface area contributed by atoms with Crippen LogP contribution in [0.2, 0.25) is 19.6 Å². The highest BCUT2D eigenvalue weighted by Crippen LogP contribution is 2.54. The van der Waals surface area contributed by atoms with Crippen molar-refractivity contribution < 1.29 is 8.84 Å². The van der Waals surface area contributed by atoms with E-state index in [1.54, 1.807) is 6.26 Å². The molecule has 0 bridgehead atoms. The molecule has 1 aliphatic rings. The summed E-state index contributed by atoms with van der Waals surface area (Å²) in [5.41, 5.74) is 5.42. The SMILES string of the molecule is CC1(O[Si](C)(C)C)C(c2ccccc2)=C(c2ccco2)c2ccccc21. The van der Waals surface area contributed by atoms with E-state index in [1.807, 2.05) is 12.1 Å². The minimum absolute atomic E-state index is 0.495. The van der Waals surface area contributed by atoms with E-state index in [0.29, 0.717) is 0 Å². The van der Waals surface area contributed by atoms with Crippen LogP contribution in [0.5, 0.6) is 0 Å². The first kappa shape index (κ1) is 17.1. The molecular formula is C23H24O2Si. The van der Waals surface area contributed by atoms with Crippen molar-refractivity contribution in [3.05, 3.63) is 95.4 Å². The van der Waals surface area contributed by atoms with Crippen molar-refractivity contribution in [2.45, 2.75) is 32.2 Å². The predicted octanol–water partition coefficient (Wildman–Crippen LogP) is 6.32. The third-order valence-corrected chi connectivity index (χ3v) is 5.80. The summed E-state index contributed by atoms with van der Waals surface area (Å²) in [6, 6.07) is 23.1. The number of benzene rings is 2. The van der Waals surface area contributed by atoms with E-state index in [0.717, 1.165) is 11.3 Å². The van der Waals surface area contributed by atoms with Gasteiger partial charge in [-0.15, -0.1) is 0 Å². The first-order valence-electron chi connectivity index (χ1n) is 9.04. The largest absolute Gasteiger partial charge is 0.464 e. The summed E-state index contributed by atoms with van der Waals surface area (Å²) < 4.78 is 12.7. The number of hydrogen-bond acceptors (Lipinski definition) is 2. The molecular weight excluding hydrogens is 336 g/mol. The molecule has 0 aliphatic heterocycles. The first-order chi connectivity index (χ1) is 12.4. The van der Waals surface area contributed by atoms with Gasteiger partial charge in [-0.1, -0.05) is 54.6 Å². The van der Waals surface area contributed by atoms with Gasteiger partial charge in [0.1, 0.15) is 11.4 Å². The van der Waals surface area contributed by atoms with Gasteiger partial charge < -0.3 is 8.84 Å². The Hall–Kier alpha value is -2.36. The van der Waals surface area contributed by atoms with Crippen molar-refractivity contribution in [3.8, 4) is 0 Å². The molecule has 132 valence electrons. The predicted molar refractivity (Wildman–Crippen MR) is 109 cm³/mol. The van der Waals surface area contributed by atoms with Crippen LogP contribution in [0.1, 0.15) is 29.4 Å². The quantitative estimate of drug-likeness (QED) is 0.508. The van der Waals surface area contributed by atoms with Gasteiger partial charge in [0.05, 0.1) is 6.26 Å². The van der Waals surface area contributed by atoms with E-state index in [2.05, 4.69) is 81.2 Å². The fraction of sp³-hybridized carbons (Fsp3) is 0.217. The molecule has 2 nitrogen and oxygen atoms in total. The molecule has 1 aliphatic carbocycles. The molecule has 3 aromatic rings. The Morgan fingerprint density at radius 2 is 1.54 bits per heavy atom. The lowest BCUT2D eigenvalue weighted by atomic mass is 9.87. The highest BCUT2D eigenvalue weighted by atomic mass is 28.4. The Balaban J connectivity index is 2.06. The fourth-order valence-electron chi connectivity index (χ4n) is 4.04. The number of furan rings is 1. The van der Waals surface area contributed by atoms with E-state index >= 15 is 0 Å². The van der Waals surface area contributed by atoms with E-state index in [9.17, 15) is 0 Å². The van der Waals surface area contributed by atoms with Crippen LogP contribution in [-0.4, -0.2) is 8.32 Å². The maximum atomic E-state index is 6.85. The van der Waals surface area contributed by atoms with Crippen LogP contribution >= 0.6 is 0 Å². The molecule has 0 saturated carbocycles. The van der Waals surface area contributed by atoms with Crippen LogP contribution < -0.4 is 0 Å². The Labute approximate surface area is 156 Å². The number of rotatable bonds is 4. The van der Waals surface area contributed by atoms with Gasteiger partial charge in [0, 0.05) is 11.1 Å². The summed E-state index contributed by atoms with van der Waals surface area (Å²) >= 11 is 0. The van der Waals surface area contributed by atoms with Crippen molar-refractivity contribution in [2.75, 3.05) is 0 Å². The van der Waals surface area contributed by atoms with E-state index in [-0.39, 0.29) is 0 Å². The molecule has 1 unspecified atom stereocenters. The van der Waals surface area contributed by atoms with Crippen molar-refractivity contribution in [2.24, 2.45) is 0 Å². The summed E-state index contributed by atoms with van der Waals surface area (Å²) in [6.07, 6.45) is 1.74. The molecule has 0 amide bonds. The van der Waals surface area contributed by atoms with Crippen LogP contribution in [0.3, 0.4) is 0 Å². The fourth-order valence-corrected chi connectivity index (χ4v) is 5.48. The lowest BCUT2D eigenvalue weighted by Gasteiger charge is -2.36. The molecule has 1 heterocycles. The summed E-state index contributed by atoms with van der Waals surface area (Å²) in [7, 11) is -1.82. The van der Waals surface area contributed by atoms with Gasteiger partial charge in [0.25, 0.3) is 0 Å². The maximum Gasteiger partial charge on any atom is 0.185 e. The van der Waals surface area contributed by atoms with Crippen LogP contribution in [0.15, 0.2) is 77.4 Å². The lowest BCUT2D eigenvalue weighted by Crippen LogP contribution is -2.38. The molecule has 0 N–H and O–H groups in total. The van der Waals surface area contributed by atoms with E-state index in [1.165, 1.54) is 22.3 Å². The second-order valence-corrected chi connectivity index (χ2v) is 12.3. The normalized spacial score (nSPS) is 19.7. The van der Waals surface area contributed by atoms with Gasteiger partial charge in [-0.25, -0.2) is 0 Å². The van der Waals surface area contributed by atoms with Crippen LogP contribution in [0, 0.1) is 0 Å². The van der Waals surface area contributed by atoms with Crippen LogP contribution in [0.4, 0.5) is 0 Å². The minimum Gasteiger partial charge on any atom is -0.464 e. The smallest absolute Gasteiger partial charge is 0.185 e. The molecule has 0 fully saturated rings. The van der Waals surface area contributed by atoms with Gasteiger partial charge in [-0.2, -0.15) is 0 Å². The third-order valence-electron chi connectivity index (χ3n) is 4.78. The second-order valence-electron chi connectivity index (χ2n) is 7.89. The molecule has 3 heteroatoms. The Morgan fingerprint density at radius 1 is 0.846 bits per heavy atom. The van der Waals surface area contributed by atoms with E-state index in [4.69, 9.17) is 8.84 Å². The van der Waals surface area contributed by atoms with Gasteiger partial charge in [0.2, 0.25) is 0 Å². The third kappa shape index (κ3) is 2.77. The first-order valence-corrected chi connectivity index (χ1v) is 12.4. The van der Waals surface area contributed by atoms with Crippen LogP contribution in [0.25, 0.3) is 11.1 Å². The lowest BCUT2D eigenvalue weighted by molar-refractivity contribution is 0.146. The number of hydrogen-bond donors (Lipinski definition) is 0. The zero-order valence-electron chi connectivity index (χ0n) is 15.7. The standard InChI is InChI=1S/C23H24O2Si/c1-23(25-26(2,3)4)19-14-9-8-13-18(19)21(20-15-10-16-24-20)22(23)17-11-6-5-7-12-17/h5-16H,1-4H3. The Bertz CT molecular complexity index is 949. The molecule has 1 atom stereocenters. The molecule has 1 aromatic heterocycles. The maximum absolute atomic E-state index is 6.85. The highest BCUT2D eigenvalue weighted by Gasteiger charge is 2.46. The van der Waals surface area contributed by atoms with E-state index < -0.39 is 13.9 Å². The van der Waals surface area contributed by atoms with Crippen molar-refractivity contribution in [1.29, 1.82) is 0 Å². The number of fused-ring (bicyclic) bond motifs is 1. The van der Waals surface area contributed by atoms with Crippen molar-refractivity contribution in [3.63, 3.8) is 0 Å². The molecule has 2 aromatic carbocycles. The minimum atomic E-state index is -1.82. The summed E-state index contributed by atoms with van der Waals surface area (Å²) in [5.74, 6) is 0.888. The summed E-state index contributed by atoms with van der Waals surface area (Å²) in [6.45, 7) is 8.94. The Morgan fingerprint density at radius 3 is 2.19 bits per heavy atom. The molecule has 0 radical (unpaired) electrons. The molecule has 0 saturated heterocycles. The monoisotopic (exact) mass is 360 g/mol. The van der Waals surface area contributed by atoms with Gasteiger partial charge in [-0.05, 0) is 55.4 Å². The van der Waals surface area contributed by atoms with Crippen LogP contribution in [-0.2, 0) is 10.0 Å². The zero-order chi connectivity index (χ0) is 18.4. The summed E-state index contributed by atoms with van der Waals surface area (Å²) in [4.78, 5) is 0. The van der Waals surface area contributed by atoms with Gasteiger partial charge >= 0.3 is 0 Å². The highest BCUT2D eigenvalue weighted by molar-refractivity contribution is 6.70. The van der Waals surface area contributed by atoms with Crippen molar-refractivity contribution >= 4 is 19.5 Å². The molecule has 0 spiro atoms.